The zero-order valence-electron chi connectivity index (χ0n) is 11.6. The van der Waals surface area contributed by atoms with Crippen LogP contribution in [0.5, 0.6) is 0 Å². The first-order chi connectivity index (χ1) is 9.95. The Morgan fingerprint density at radius 1 is 1.29 bits per heavy atom. The standard InChI is InChI=1S/C13H15N5O3/c1-8(2)11-7-12(17-16-11)15-13(19)14-9-3-5-10(6-4-9)18(20)21/h3-8H,1-2H3,(H3,14,15,16,17,19). The number of nitro benzene ring substituents is 1. The van der Waals surface area contributed by atoms with Crippen LogP contribution in [0.25, 0.3) is 0 Å². The van der Waals surface area contributed by atoms with Gasteiger partial charge in [0, 0.05) is 29.6 Å². The van der Waals surface area contributed by atoms with E-state index < -0.39 is 11.0 Å². The number of benzene rings is 1. The molecule has 0 unspecified atom stereocenters. The number of rotatable bonds is 4. The number of aromatic nitrogens is 2. The molecule has 0 aliphatic rings. The van der Waals surface area contributed by atoms with E-state index in [1.165, 1.54) is 24.3 Å². The number of hydrogen-bond acceptors (Lipinski definition) is 4. The van der Waals surface area contributed by atoms with E-state index in [2.05, 4.69) is 20.8 Å². The normalized spacial score (nSPS) is 10.4. The summed E-state index contributed by atoms with van der Waals surface area (Å²) in [6.45, 7) is 4.02. The van der Waals surface area contributed by atoms with Gasteiger partial charge in [-0.15, -0.1) is 0 Å². The van der Waals surface area contributed by atoms with Crippen molar-refractivity contribution in [1.29, 1.82) is 0 Å². The quantitative estimate of drug-likeness (QED) is 0.592. The summed E-state index contributed by atoms with van der Waals surface area (Å²) in [4.78, 5) is 21.8. The van der Waals surface area contributed by atoms with Crippen LogP contribution < -0.4 is 10.6 Å². The van der Waals surface area contributed by atoms with Gasteiger partial charge < -0.3 is 5.32 Å². The van der Waals surface area contributed by atoms with Crippen LogP contribution >= 0.6 is 0 Å². The van der Waals surface area contributed by atoms with E-state index in [0.717, 1.165) is 5.69 Å². The Bertz CT molecular complexity index is 648. The molecule has 2 rings (SSSR count). The number of hydrogen-bond donors (Lipinski definition) is 3. The minimum Gasteiger partial charge on any atom is -0.308 e. The lowest BCUT2D eigenvalue weighted by molar-refractivity contribution is -0.384. The van der Waals surface area contributed by atoms with E-state index in [9.17, 15) is 14.9 Å². The lowest BCUT2D eigenvalue weighted by Crippen LogP contribution is -2.19. The average Bonchev–Trinajstić information content (AvgIpc) is 2.87. The Balaban J connectivity index is 1.96. The number of carbonyl (C=O) groups excluding carboxylic acids is 1. The van der Waals surface area contributed by atoms with Gasteiger partial charge in [0.15, 0.2) is 5.82 Å². The van der Waals surface area contributed by atoms with Crippen LogP contribution in [0.4, 0.5) is 22.0 Å². The Hall–Kier alpha value is -2.90. The molecule has 1 aromatic heterocycles. The van der Waals surface area contributed by atoms with Gasteiger partial charge in [0.25, 0.3) is 5.69 Å². The van der Waals surface area contributed by atoms with Crippen molar-refractivity contribution in [1.82, 2.24) is 10.2 Å². The number of anilines is 2. The molecule has 0 fully saturated rings. The van der Waals surface area contributed by atoms with Gasteiger partial charge in [-0.25, -0.2) is 4.79 Å². The third-order valence-electron chi connectivity index (χ3n) is 2.80. The van der Waals surface area contributed by atoms with Crippen LogP contribution in [0, 0.1) is 10.1 Å². The first-order valence-corrected chi connectivity index (χ1v) is 6.33. The highest BCUT2D eigenvalue weighted by Crippen LogP contribution is 2.17. The Morgan fingerprint density at radius 3 is 2.48 bits per heavy atom. The maximum atomic E-state index is 11.8. The lowest BCUT2D eigenvalue weighted by atomic mass is 10.1. The summed E-state index contributed by atoms with van der Waals surface area (Å²) in [6, 6.07) is 6.84. The Kier molecular flexibility index (Phi) is 4.17. The third kappa shape index (κ3) is 3.78. The first kappa shape index (κ1) is 14.5. The SMILES string of the molecule is CC(C)c1cc(NC(=O)Nc2ccc([N+](=O)[O-])cc2)n[nH]1. The molecule has 2 amide bonds. The second kappa shape index (κ2) is 6.04. The van der Waals surface area contributed by atoms with Gasteiger partial charge in [0.05, 0.1) is 4.92 Å². The molecule has 0 bridgehead atoms. The number of non-ortho nitro benzene ring substituents is 1. The van der Waals surface area contributed by atoms with E-state index in [0.29, 0.717) is 11.5 Å². The fraction of sp³-hybridized carbons (Fsp3) is 0.231. The number of nitrogens with zero attached hydrogens (tertiary/aromatic N) is 2. The monoisotopic (exact) mass is 289 g/mol. The highest BCUT2D eigenvalue weighted by molar-refractivity contribution is 5.99. The van der Waals surface area contributed by atoms with E-state index >= 15 is 0 Å². The molecule has 21 heavy (non-hydrogen) atoms. The zero-order valence-corrected chi connectivity index (χ0v) is 11.6. The predicted molar refractivity (Wildman–Crippen MR) is 78.4 cm³/mol. The van der Waals surface area contributed by atoms with Crippen molar-refractivity contribution >= 4 is 23.2 Å². The molecule has 0 saturated heterocycles. The molecule has 0 atom stereocenters. The van der Waals surface area contributed by atoms with Crippen LogP contribution in [0.1, 0.15) is 25.5 Å². The molecule has 8 heteroatoms. The van der Waals surface area contributed by atoms with Crippen molar-refractivity contribution in [3.63, 3.8) is 0 Å². The van der Waals surface area contributed by atoms with Crippen LogP contribution in [0.15, 0.2) is 30.3 Å². The summed E-state index contributed by atoms with van der Waals surface area (Å²) < 4.78 is 0. The largest absolute Gasteiger partial charge is 0.324 e. The number of urea groups is 1. The minimum absolute atomic E-state index is 0.0326. The average molecular weight is 289 g/mol. The van der Waals surface area contributed by atoms with Crippen LogP contribution in [-0.4, -0.2) is 21.2 Å². The van der Waals surface area contributed by atoms with Crippen molar-refractivity contribution in [2.24, 2.45) is 0 Å². The molecule has 0 aliphatic heterocycles. The van der Waals surface area contributed by atoms with Crippen molar-refractivity contribution in [2.75, 3.05) is 10.6 Å². The smallest absolute Gasteiger partial charge is 0.308 e. The third-order valence-corrected chi connectivity index (χ3v) is 2.80. The van der Waals surface area contributed by atoms with Gasteiger partial charge in [0.1, 0.15) is 0 Å². The van der Waals surface area contributed by atoms with Crippen LogP contribution in [0.2, 0.25) is 0 Å². The van der Waals surface area contributed by atoms with Crippen LogP contribution in [-0.2, 0) is 0 Å². The molecular weight excluding hydrogens is 274 g/mol. The maximum absolute atomic E-state index is 11.8. The number of aromatic amines is 1. The molecular formula is C13H15N5O3. The number of nitro groups is 1. The zero-order chi connectivity index (χ0) is 15.4. The van der Waals surface area contributed by atoms with Crippen molar-refractivity contribution in [2.45, 2.75) is 19.8 Å². The Labute approximate surface area is 120 Å². The summed E-state index contributed by atoms with van der Waals surface area (Å²) in [6.07, 6.45) is 0. The highest BCUT2D eigenvalue weighted by Gasteiger charge is 2.09. The van der Waals surface area contributed by atoms with Crippen molar-refractivity contribution < 1.29 is 9.72 Å². The fourth-order valence-corrected chi connectivity index (χ4v) is 1.64. The molecule has 110 valence electrons. The second-order valence-electron chi connectivity index (χ2n) is 4.75. The number of H-pyrrole nitrogens is 1. The molecule has 3 N–H and O–H groups in total. The number of amides is 2. The fourth-order valence-electron chi connectivity index (χ4n) is 1.64. The van der Waals surface area contributed by atoms with E-state index in [4.69, 9.17) is 0 Å². The summed E-state index contributed by atoms with van der Waals surface area (Å²) in [7, 11) is 0. The number of nitrogens with one attached hydrogen (secondary N) is 3. The summed E-state index contributed by atoms with van der Waals surface area (Å²) in [5.74, 6) is 0.698. The van der Waals surface area contributed by atoms with Crippen molar-refractivity contribution in [3.8, 4) is 0 Å². The van der Waals surface area contributed by atoms with Gasteiger partial charge in [0.2, 0.25) is 0 Å². The highest BCUT2D eigenvalue weighted by atomic mass is 16.6. The second-order valence-corrected chi connectivity index (χ2v) is 4.75. The van der Waals surface area contributed by atoms with E-state index in [1.807, 2.05) is 13.8 Å². The topological polar surface area (TPSA) is 113 Å². The van der Waals surface area contributed by atoms with E-state index in [1.54, 1.807) is 6.07 Å². The lowest BCUT2D eigenvalue weighted by Gasteiger charge is -2.05. The summed E-state index contributed by atoms with van der Waals surface area (Å²) >= 11 is 0. The minimum atomic E-state index is -0.499. The maximum Gasteiger partial charge on any atom is 0.324 e. The van der Waals surface area contributed by atoms with Gasteiger partial charge >= 0.3 is 6.03 Å². The van der Waals surface area contributed by atoms with Gasteiger partial charge in [-0.3, -0.25) is 20.5 Å². The number of carbonyl (C=O) groups is 1. The molecule has 0 aliphatic carbocycles. The van der Waals surface area contributed by atoms with E-state index in [-0.39, 0.29) is 11.6 Å². The van der Waals surface area contributed by atoms with Gasteiger partial charge in [-0.1, -0.05) is 13.8 Å². The first-order valence-electron chi connectivity index (χ1n) is 6.33. The van der Waals surface area contributed by atoms with Crippen LogP contribution in [0.3, 0.4) is 0 Å². The molecule has 2 aromatic rings. The molecule has 1 aromatic carbocycles. The molecule has 1 heterocycles. The van der Waals surface area contributed by atoms with Gasteiger partial charge in [-0.05, 0) is 18.1 Å². The summed E-state index contributed by atoms with van der Waals surface area (Å²) in [5.41, 5.74) is 1.34. The molecule has 8 nitrogen and oxygen atoms in total. The van der Waals surface area contributed by atoms with Gasteiger partial charge in [-0.2, -0.15) is 5.10 Å². The molecule has 0 saturated carbocycles. The summed E-state index contributed by atoms with van der Waals surface area (Å²) in [5, 5.41) is 22.5. The Morgan fingerprint density at radius 2 is 1.95 bits per heavy atom. The molecule has 0 radical (unpaired) electrons. The predicted octanol–water partition coefficient (Wildman–Crippen LogP) is 3.09. The van der Waals surface area contributed by atoms with Crippen molar-refractivity contribution in [3.05, 3.63) is 46.1 Å². The molecule has 0 spiro atoms.